The first kappa shape index (κ1) is 10.1. The van der Waals surface area contributed by atoms with Crippen molar-refractivity contribution in [2.45, 2.75) is 33.1 Å². The first-order valence-electron chi connectivity index (χ1n) is 4.00. The molecule has 64 valence electrons. The van der Waals surface area contributed by atoms with E-state index in [0.29, 0.717) is 0 Å². The number of nitro groups is 1. The Morgan fingerprint density at radius 1 is 1.55 bits per heavy atom. The molecule has 0 aromatic carbocycles. The Kier molecular flexibility index (Phi) is 5.43. The minimum absolute atomic E-state index is 0.0246. The molecule has 0 aromatic rings. The number of nitrogens with zero attached hydrogens (tertiary/aromatic N) is 1. The highest BCUT2D eigenvalue weighted by molar-refractivity contribution is 5.00. The summed E-state index contributed by atoms with van der Waals surface area (Å²) in [6.45, 7) is 4.08. The molecule has 0 rings (SSSR count). The predicted octanol–water partition coefficient (Wildman–Crippen LogP) is 2.40. The van der Waals surface area contributed by atoms with Gasteiger partial charge >= 0.3 is 0 Å². The van der Waals surface area contributed by atoms with Crippen LogP contribution in [-0.2, 0) is 0 Å². The average molecular weight is 157 g/mol. The van der Waals surface area contributed by atoms with Crippen LogP contribution < -0.4 is 0 Å². The van der Waals surface area contributed by atoms with Crippen LogP contribution in [0.3, 0.4) is 0 Å². The van der Waals surface area contributed by atoms with E-state index in [1.165, 1.54) is 5.57 Å². The summed E-state index contributed by atoms with van der Waals surface area (Å²) in [5.74, 6) is 0. The van der Waals surface area contributed by atoms with Crippen molar-refractivity contribution in [1.29, 1.82) is 0 Å². The van der Waals surface area contributed by atoms with Gasteiger partial charge in [0.2, 0.25) is 6.54 Å². The zero-order valence-electron chi connectivity index (χ0n) is 7.17. The lowest BCUT2D eigenvalue weighted by atomic mass is 10.1. The van der Waals surface area contributed by atoms with Gasteiger partial charge in [0.25, 0.3) is 0 Å². The van der Waals surface area contributed by atoms with Gasteiger partial charge < -0.3 is 0 Å². The molecule has 0 aromatic heterocycles. The summed E-state index contributed by atoms with van der Waals surface area (Å²) in [7, 11) is 0. The topological polar surface area (TPSA) is 43.1 Å². The van der Waals surface area contributed by atoms with Gasteiger partial charge in [-0.05, 0) is 18.9 Å². The summed E-state index contributed by atoms with van der Waals surface area (Å²) in [4.78, 5) is 9.68. The van der Waals surface area contributed by atoms with Gasteiger partial charge in [-0.25, -0.2) is 0 Å². The molecule has 0 amide bonds. The molecule has 0 radical (unpaired) electrons. The Morgan fingerprint density at radius 2 is 2.18 bits per heavy atom. The molecule has 11 heavy (non-hydrogen) atoms. The second-order valence-corrected chi connectivity index (χ2v) is 2.48. The highest BCUT2D eigenvalue weighted by Gasteiger charge is 1.95. The SMILES string of the molecule is CCCC(=CC[N+](=O)[O-])CC. The van der Waals surface area contributed by atoms with Crippen molar-refractivity contribution < 1.29 is 4.92 Å². The molecule has 0 unspecified atom stereocenters. The van der Waals surface area contributed by atoms with Crippen molar-refractivity contribution >= 4 is 0 Å². The molecule has 0 saturated carbocycles. The van der Waals surface area contributed by atoms with Gasteiger partial charge in [-0.1, -0.05) is 25.8 Å². The second-order valence-electron chi connectivity index (χ2n) is 2.48. The third-order valence-corrected chi connectivity index (χ3v) is 1.55. The van der Waals surface area contributed by atoms with E-state index in [1.807, 2.05) is 6.92 Å². The quantitative estimate of drug-likeness (QED) is 0.349. The van der Waals surface area contributed by atoms with Crippen LogP contribution in [-0.4, -0.2) is 11.5 Å². The van der Waals surface area contributed by atoms with E-state index in [2.05, 4.69) is 6.92 Å². The lowest BCUT2D eigenvalue weighted by Crippen LogP contribution is -1.97. The molecular formula is C8H15NO2. The maximum Gasteiger partial charge on any atom is 0.222 e. The molecule has 0 spiro atoms. The van der Waals surface area contributed by atoms with Gasteiger partial charge in [-0.3, -0.25) is 10.1 Å². The number of hydrogen-bond donors (Lipinski definition) is 0. The number of hydrogen-bond acceptors (Lipinski definition) is 2. The Balaban J connectivity index is 3.80. The van der Waals surface area contributed by atoms with Crippen LogP contribution in [0.4, 0.5) is 0 Å². The first-order chi connectivity index (χ1) is 5.20. The lowest BCUT2D eigenvalue weighted by molar-refractivity contribution is -0.468. The van der Waals surface area contributed by atoms with E-state index < -0.39 is 0 Å². The van der Waals surface area contributed by atoms with Crippen molar-refractivity contribution in [2.75, 3.05) is 6.54 Å². The van der Waals surface area contributed by atoms with Crippen LogP contribution in [0.25, 0.3) is 0 Å². The highest BCUT2D eigenvalue weighted by Crippen LogP contribution is 2.07. The Morgan fingerprint density at radius 3 is 2.55 bits per heavy atom. The molecule has 0 aliphatic heterocycles. The van der Waals surface area contributed by atoms with Crippen molar-refractivity contribution in [3.63, 3.8) is 0 Å². The summed E-state index contributed by atoms with van der Waals surface area (Å²) >= 11 is 0. The van der Waals surface area contributed by atoms with Crippen LogP contribution in [0, 0.1) is 10.1 Å². The van der Waals surface area contributed by atoms with E-state index in [0.717, 1.165) is 19.3 Å². The fraction of sp³-hybridized carbons (Fsp3) is 0.750. The van der Waals surface area contributed by atoms with E-state index in [-0.39, 0.29) is 11.5 Å². The van der Waals surface area contributed by atoms with Crippen LogP contribution in [0.2, 0.25) is 0 Å². The molecule has 0 aliphatic rings. The molecule has 0 N–H and O–H groups in total. The fourth-order valence-corrected chi connectivity index (χ4v) is 0.948. The fourth-order valence-electron chi connectivity index (χ4n) is 0.948. The van der Waals surface area contributed by atoms with E-state index >= 15 is 0 Å². The minimum Gasteiger partial charge on any atom is -0.264 e. The maximum atomic E-state index is 9.98. The predicted molar refractivity (Wildman–Crippen MR) is 45.1 cm³/mol. The standard InChI is InChI=1S/C8H15NO2/c1-3-5-8(4-2)6-7-9(10)11/h6H,3-5,7H2,1-2H3. The summed E-state index contributed by atoms with van der Waals surface area (Å²) in [6, 6.07) is 0. The third-order valence-electron chi connectivity index (χ3n) is 1.55. The van der Waals surface area contributed by atoms with Crippen LogP contribution in [0.15, 0.2) is 11.6 Å². The number of rotatable bonds is 5. The number of allylic oxidation sites excluding steroid dienone is 1. The Hall–Kier alpha value is -0.860. The summed E-state index contributed by atoms with van der Waals surface area (Å²) < 4.78 is 0. The van der Waals surface area contributed by atoms with Gasteiger partial charge in [0, 0.05) is 4.92 Å². The molecule has 0 heterocycles. The molecule has 3 nitrogen and oxygen atoms in total. The molecular weight excluding hydrogens is 142 g/mol. The Bertz CT molecular complexity index is 152. The maximum absolute atomic E-state index is 9.98. The van der Waals surface area contributed by atoms with Gasteiger partial charge in [-0.2, -0.15) is 0 Å². The molecule has 0 bridgehead atoms. The van der Waals surface area contributed by atoms with Gasteiger partial charge in [0.1, 0.15) is 0 Å². The van der Waals surface area contributed by atoms with Crippen LogP contribution >= 0.6 is 0 Å². The van der Waals surface area contributed by atoms with Crippen molar-refractivity contribution in [2.24, 2.45) is 0 Å². The van der Waals surface area contributed by atoms with E-state index in [4.69, 9.17) is 0 Å². The molecule has 0 aliphatic carbocycles. The molecule has 0 atom stereocenters. The van der Waals surface area contributed by atoms with Crippen LogP contribution in [0.1, 0.15) is 33.1 Å². The second kappa shape index (κ2) is 5.89. The minimum atomic E-state index is -0.300. The zero-order chi connectivity index (χ0) is 8.69. The van der Waals surface area contributed by atoms with Gasteiger partial charge in [0.15, 0.2) is 0 Å². The molecule has 0 saturated heterocycles. The summed E-state index contributed by atoms with van der Waals surface area (Å²) in [5.41, 5.74) is 1.20. The summed E-state index contributed by atoms with van der Waals surface area (Å²) in [5, 5.41) is 9.98. The molecule has 3 heteroatoms. The van der Waals surface area contributed by atoms with E-state index in [9.17, 15) is 10.1 Å². The third kappa shape index (κ3) is 5.58. The van der Waals surface area contributed by atoms with Gasteiger partial charge in [0.05, 0.1) is 0 Å². The Labute approximate surface area is 67.3 Å². The highest BCUT2D eigenvalue weighted by atomic mass is 16.6. The smallest absolute Gasteiger partial charge is 0.222 e. The largest absolute Gasteiger partial charge is 0.264 e. The van der Waals surface area contributed by atoms with E-state index in [1.54, 1.807) is 6.08 Å². The van der Waals surface area contributed by atoms with Crippen molar-refractivity contribution in [1.82, 2.24) is 0 Å². The lowest BCUT2D eigenvalue weighted by Gasteiger charge is -1.98. The van der Waals surface area contributed by atoms with Crippen LogP contribution in [0.5, 0.6) is 0 Å². The zero-order valence-corrected chi connectivity index (χ0v) is 7.17. The summed E-state index contributed by atoms with van der Waals surface area (Å²) in [6.07, 6.45) is 4.72. The van der Waals surface area contributed by atoms with Crippen molar-refractivity contribution in [3.8, 4) is 0 Å². The van der Waals surface area contributed by atoms with Crippen molar-refractivity contribution in [3.05, 3.63) is 21.8 Å². The first-order valence-corrected chi connectivity index (χ1v) is 4.00. The molecule has 0 fully saturated rings. The monoisotopic (exact) mass is 157 g/mol. The average Bonchev–Trinajstić information content (AvgIpc) is 1.97. The van der Waals surface area contributed by atoms with Gasteiger partial charge in [-0.15, -0.1) is 0 Å². The normalized spacial score (nSPS) is 11.6.